The molecule has 6 heteroatoms. The van der Waals surface area contributed by atoms with Crippen molar-refractivity contribution in [3.8, 4) is 0 Å². The highest BCUT2D eigenvalue weighted by molar-refractivity contribution is 7.89. The maximum absolute atomic E-state index is 12.9. The van der Waals surface area contributed by atoms with Gasteiger partial charge < -0.3 is 5.32 Å². The van der Waals surface area contributed by atoms with Crippen molar-refractivity contribution in [2.75, 3.05) is 6.54 Å². The van der Waals surface area contributed by atoms with E-state index in [-0.39, 0.29) is 16.8 Å². The van der Waals surface area contributed by atoms with Gasteiger partial charge in [0.25, 0.3) is 0 Å². The molecule has 2 aliphatic rings. The van der Waals surface area contributed by atoms with Gasteiger partial charge in [0.2, 0.25) is 15.9 Å². The SMILES string of the molecule is O=C(NC1CCCCC1)C1CCCCN1S(=O)(=O)c1ccccc1. The summed E-state index contributed by atoms with van der Waals surface area (Å²) in [7, 11) is -3.62. The zero-order valence-corrected chi connectivity index (χ0v) is 14.8. The number of carbonyl (C=O) groups excluding carboxylic acids is 1. The Morgan fingerprint density at radius 2 is 1.62 bits per heavy atom. The quantitative estimate of drug-likeness (QED) is 0.908. The average Bonchev–Trinajstić information content (AvgIpc) is 2.63. The van der Waals surface area contributed by atoms with E-state index in [2.05, 4.69) is 5.32 Å². The molecule has 1 aliphatic heterocycles. The minimum atomic E-state index is -3.62. The normalized spacial score (nSPS) is 23.8. The van der Waals surface area contributed by atoms with E-state index in [1.807, 2.05) is 0 Å². The number of piperidine rings is 1. The standard InChI is InChI=1S/C18H26N2O3S/c21-18(19-15-9-3-1-4-10-15)17-13-7-8-14-20(17)24(22,23)16-11-5-2-6-12-16/h2,5-6,11-12,15,17H,1,3-4,7-10,13-14H2,(H,19,21). The minimum Gasteiger partial charge on any atom is -0.352 e. The molecule has 1 saturated heterocycles. The number of carbonyl (C=O) groups is 1. The number of hydrogen-bond donors (Lipinski definition) is 1. The van der Waals surface area contributed by atoms with E-state index in [9.17, 15) is 13.2 Å². The van der Waals surface area contributed by atoms with Crippen molar-refractivity contribution in [3.63, 3.8) is 0 Å². The Balaban J connectivity index is 1.76. The molecule has 24 heavy (non-hydrogen) atoms. The Labute approximate surface area is 144 Å². The molecule has 1 amide bonds. The Kier molecular flexibility index (Phi) is 5.56. The van der Waals surface area contributed by atoms with Crippen LogP contribution in [0.5, 0.6) is 0 Å². The van der Waals surface area contributed by atoms with Gasteiger partial charge in [-0.15, -0.1) is 0 Å². The number of hydrogen-bond acceptors (Lipinski definition) is 3. The minimum absolute atomic E-state index is 0.124. The smallest absolute Gasteiger partial charge is 0.243 e. The number of rotatable bonds is 4. The van der Waals surface area contributed by atoms with Crippen LogP contribution in [0.2, 0.25) is 0 Å². The Morgan fingerprint density at radius 1 is 0.958 bits per heavy atom. The van der Waals surface area contributed by atoms with Crippen molar-refractivity contribution >= 4 is 15.9 Å². The van der Waals surface area contributed by atoms with Crippen molar-refractivity contribution in [2.24, 2.45) is 0 Å². The van der Waals surface area contributed by atoms with Gasteiger partial charge in [-0.25, -0.2) is 8.42 Å². The Morgan fingerprint density at radius 3 is 2.33 bits per heavy atom. The summed E-state index contributed by atoms with van der Waals surface area (Å²) in [6.07, 6.45) is 7.81. The summed E-state index contributed by atoms with van der Waals surface area (Å²) in [5.41, 5.74) is 0. The molecule has 1 aromatic carbocycles. The molecular weight excluding hydrogens is 324 g/mol. The summed E-state index contributed by atoms with van der Waals surface area (Å²) in [4.78, 5) is 13.0. The van der Waals surface area contributed by atoms with Crippen molar-refractivity contribution in [1.29, 1.82) is 0 Å². The molecular formula is C18H26N2O3S. The van der Waals surface area contributed by atoms with Crippen LogP contribution in [0, 0.1) is 0 Å². The molecule has 1 unspecified atom stereocenters. The van der Waals surface area contributed by atoms with E-state index in [1.54, 1.807) is 30.3 Å². The number of nitrogens with zero attached hydrogens (tertiary/aromatic N) is 1. The molecule has 0 bridgehead atoms. The average molecular weight is 350 g/mol. The van der Waals surface area contributed by atoms with Gasteiger partial charge in [-0.1, -0.05) is 43.9 Å². The van der Waals surface area contributed by atoms with E-state index < -0.39 is 16.1 Å². The van der Waals surface area contributed by atoms with Crippen LogP contribution in [0.25, 0.3) is 0 Å². The first-order valence-corrected chi connectivity index (χ1v) is 10.4. The van der Waals surface area contributed by atoms with E-state index >= 15 is 0 Å². The second-order valence-corrected chi connectivity index (χ2v) is 8.67. The first kappa shape index (κ1) is 17.4. The Hall–Kier alpha value is -1.40. The maximum Gasteiger partial charge on any atom is 0.243 e. The van der Waals surface area contributed by atoms with Crippen LogP contribution in [0.15, 0.2) is 35.2 Å². The second-order valence-electron chi connectivity index (χ2n) is 6.78. The third-order valence-electron chi connectivity index (χ3n) is 5.06. The van der Waals surface area contributed by atoms with Crippen LogP contribution in [-0.4, -0.2) is 37.3 Å². The molecule has 5 nitrogen and oxygen atoms in total. The summed E-state index contributed by atoms with van der Waals surface area (Å²) in [5, 5.41) is 3.10. The van der Waals surface area contributed by atoms with E-state index in [0.717, 1.165) is 38.5 Å². The van der Waals surface area contributed by atoms with Crippen LogP contribution in [0.1, 0.15) is 51.4 Å². The van der Waals surface area contributed by atoms with Crippen LogP contribution < -0.4 is 5.32 Å². The molecule has 0 aromatic heterocycles. The van der Waals surface area contributed by atoms with Crippen LogP contribution in [0.4, 0.5) is 0 Å². The molecule has 0 spiro atoms. The monoisotopic (exact) mass is 350 g/mol. The van der Waals surface area contributed by atoms with Crippen molar-refractivity contribution in [1.82, 2.24) is 9.62 Å². The molecule has 1 aliphatic carbocycles. The predicted molar refractivity (Wildman–Crippen MR) is 93.0 cm³/mol. The third kappa shape index (κ3) is 3.81. The fourth-order valence-corrected chi connectivity index (χ4v) is 5.40. The number of sulfonamides is 1. The van der Waals surface area contributed by atoms with Crippen LogP contribution in [0.3, 0.4) is 0 Å². The van der Waals surface area contributed by atoms with Gasteiger partial charge in [-0.05, 0) is 37.8 Å². The molecule has 1 N–H and O–H groups in total. The fourth-order valence-electron chi connectivity index (χ4n) is 3.73. The lowest BCUT2D eigenvalue weighted by Gasteiger charge is -2.35. The van der Waals surface area contributed by atoms with Crippen LogP contribution >= 0.6 is 0 Å². The van der Waals surface area contributed by atoms with E-state index in [1.165, 1.54) is 10.7 Å². The lowest BCUT2D eigenvalue weighted by Crippen LogP contribution is -2.53. The molecule has 2 fully saturated rings. The number of nitrogens with one attached hydrogen (secondary N) is 1. The maximum atomic E-state index is 12.9. The highest BCUT2D eigenvalue weighted by Gasteiger charge is 2.38. The second kappa shape index (κ2) is 7.66. The Bertz CT molecular complexity index is 654. The van der Waals surface area contributed by atoms with Gasteiger partial charge in [0.05, 0.1) is 4.90 Å². The first-order valence-electron chi connectivity index (χ1n) is 8.96. The van der Waals surface area contributed by atoms with Crippen LogP contribution in [-0.2, 0) is 14.8 Å². The van der Waals surface area contributed by atoms with E-state index in [0.29, 0.717) is 13.0 Å². The third-order valence-corrected chi connectivity index (χ3v) is 6.98. The lowest BCUT2D eigenvalue weighted by atomic mass is 9.95. The van der Waals surface area contributed by atoms with Crippen molar-refractivity contribution < 1.29 is 13.2 Å². The molecule has 132 valence electrons. The molecule has 0 radical (unpaired) electrons. The molecule has 3 rings (SSSR count). The highest BCUT2D eigenvalue weighted by atomic mass is 32.2. The summed E-state index contributed by atoms with van der Waals surface area (Å²) in [5.74, 6) is -0.124. The molecule has 1 aromatic rings. The number of benzene rings is 1. The number of amides is 1. The highest BCUT2D eigenvalue weighted by Crippen LogP contribution is 2.26. The molecule has 1 heterocycles. The zero-order chi connectivity index (χ0) is 17.0. The van der Waals surface area contributed by atoms with Gasteiger partial charge in [-0.3, -0.25) is 4.79 Å². The van der Waals surface area contributed by atoms with Gasteiger partial charge in [0.1, 0.15) is 6.04 Å². The summed E-state index contributed by atoms with van der Waals surface area (Å²) in [6, 6.07) is 8.05. The van der Waals surface area contributed by atoms with Crippen molar-refractivity contribution in [3.05, 3.63) is 30.3 Å². The van der Waals surface area contributed by atoms with Gasteiger partial charge in [0.15, 0.2) is 0 Å². The first-order chi connectivity index (χ1) is 11.6. The largest absolute Gasteiger partial charge is 0.352 e. The van der Waals surface area contributed by atoms with Gasteiger partial charge in [-0.2, -0.15) is 4.31 Å². The van der Waals surface area contributed by atoms with Crippen molar-refractivity contribution in [2.45, 2.75) is 68.3 Å². The zero-order valence-electron chi connectivity index (χ0n) is 14.0. The predicted octanol–water partition coefficient (Wildman–Crippen LogP) is 2.68. The summed E-state index contributed by atoms with van der Waals surface area (Å²) >= 11 is 0. The molecule has 1 atom stereocenters. The topological polar surface area (TPSA) is 66.5 Å². The van der Waals surface area contributed by atoms with Gasteiger partial charge >= 0.3 is 0 Å². The molecule has 1 saturated carbocycles. The fraction of sp³-hybridized carbons (Fsp3) is 0.611. The summed E-state index contributed by atoms with van der Waals surface area (Å²) in [6.45, 7) is 0.417. The summed E-state index contributed by atoms with van der Waals surface area (Å²) < 4.78 is 27.3. The van der Waals surface area contributed by atoms with Gasteiger partial charge in [0, 0.05) is 12.6 Å². The van der Waals surface area contributed by atoms with E-state index in [4.69, 9.17) is 0 Å². The lowest BCUT2D eigenvalue weighted by molar-refractivity contribution is -0.126.